The number of nitrogen functional groups attached to an aromatic ring is 2. The van der Waals surface area contributed by atoms with Crippen LogP contribution in [0.25, 0.3) is 0 Å². The number of hydrogen-bond donors (Lipinski definition) is 4. The van der Waals surface area contributed by atoms with Crippen LogP contribution in [0, 0.1) is 5.92 Å². The molecule has 7 heteroatoms. The zero-order chi connectivity index (χ0) is 29.6. The Balaban J connectivity index is 0.000000208. The Labute approximate surface area is 250 Å². The Bertz CT molecular complexity index is 1410. The predicted octanol–water partition coefficient (Wildman–Crippen LogP) is 5.45. The smallest absolute Gasteiger partial charge is 0.126 e. The van der Waals surface area contributed by atoms with Gasteiger partial charge in [0.2, 0.25) is 0 Å². The largest absolute Gasteiger partial charge is 0.399 e. The van der Waals surface area contributed by atoms with Gasteiger partial charge in [-0.25, -0.2) is 0 Å². The Morgan fingerprint density at radius 3 is 1.90 bits per heavy atom. The second-order valence-corrected chi connectivity index (χ2v) is 10.7. The number of amidine groups is 2. The first kappa shape index (κ1) is 30.3. The highest BCUT2D eigenvalue weighted by Gasteiger charge is 2.18. The second kappa shape index (κ2) is 16.0. The van der Waals surface area contributed by atoms with E-state index in [0.29, 0.717) is 23.9 Å². The van der Waals surface area contributed by atoms with Crippen molar-refractivity contribution in [3.63, 3.8) is 0 Å². The SMILES string of the molecule is NC(=NCCC1CCN(Cc2ccccc2)CC1)c1ccc(N)cc1.NC(=NCc1ccccc1)c1cccc(N)c1. The number of nitrogens with zero attached hydrogens (tertiary/aromatic N) is 3. The van der Waals surface area contributed by atoms with Gasteiger partial charge in [-0.1, -0.05) is 72.8 Å². The zero-order valence-electron chi connectivity index (χ0n) is 24.3. The van der Waals surface area contributed by atoms with Gasteiger partial charge >= 0.3 is 0 Å². The van der Waals surface area contributed by atoms with Crippen LogP contribution in [0.1, 0.15) is 41.5 Å². The van der Waals surface area contributed by atoms with Gasteiger partial charge in [-0.2, -0.15) is 0 Å². The molecule has 1 heterocycles. The number of rotatable bonds is 9. The van der Waals surface area contributed by atoms with Crippen molar-refractivity contribution >= 4 is 23.0 Å². The van der Waals surface area contributed by atoms with Crippen LogP contribution in [0.2, 0.25) is 0 Å². The summed E-state index contributed by atoms with van der Waals surface area (Å²) < 4.78 is 0. The molecular weight excluding hydrogens is 518 g/mol. The molecule has 0 amide bonds. The van der Waals surface area contributed by atoms with Gasteiger partial charge in [0.25, 0.3) is 0 Å². The minimum absolute atomic E-state index is 0.515. The predicted molar refractivity (Wildman–Crippen MR) is 177 cm³/mol. The van der Waals surface area contributed by atoms with Gasteiger partial charge in [-0.3, -0.25) is 14.9 Å². The topological polar surface area (TPSA) is 132 Å². The highest BCUT2D eigenvalue weighted by atomic mass is 15.1. The van der Waals surface area contributed by atoms with E-state index in [1.54, 1.807) is 0 Å². The van der Waals surface area contributed by atoms with E-state index < -0.39 is 0 Å². The summed E-state index contributed by atoms with van der Waals surface area (Å²) in [4.78, 5) is 11.4. The molecule has 8 N–H and O–H groups in total. The molecule has 218 valence electrons. The summed E-state index contributed by atoms with van der Waals surface area (Å²) in [5.74, 6) is 1.89. The standard InChI is InChI=1S/C21H28N4.C14H15N3/c22-20-8-6-19(7-9-20)21(23)24-13-10-17-11-14-25(15-12-17)16-18-4-2-1-3-5-18;15-13-8-4-7-12(9-13)14(16)17-10-11-5-2-1-3-6-11/h1-9,17H,10-16,22H2,(H2,23,24);1-9H,10,15H2,(H2,16,17). The molecule has 0 atom stereocenters. The summed E-state index contributed by atoms with van der Waals surface area (Å²) in [7, 11) is 0. The van der Waals surface area contributed by atoms with Gasteiger partial charge in [-0.15, -0.1) is 0 Å². The molecule has 0 aromatic heterocycles. The van der Waals surface area contributed by atoms with E-state index in [1.165, 1.54) is 31.5 Å². The average molecular weight is 562 g/mol. The Kier molecular flexibility index (Phi) is 11.5. The fraction of sp³-hybridized carbons (Fsp3) is 0.257. The molecule has 4 aromatic rings. The molecule has 4 aromatic carbocycles. The number of aliphatic imine (C=N–C) groups is 2. The molecule has 0 spiro atoms. The Morgan fingerprint density at radius 2 is 1.26 bits per heavy atom. The van der Waals surface area contributed by atoms with Crippen LogP contribution in [-0.2, 0) is 13.1 Å². The molecule has 0 bridgehead atoms. The van der Waals surface area contributed by atoms with Crippen LogP contribution in [-0.4, -0.2) is 36.2 Å². The van der Waals surface area contributed by atoms with Gasteiger partial charge in [-0.05, 0) is 85.8 Å². The van der Waals surface area contributed by atoms with Crippen molar-refractivity contribution in [3.8, 4) is 0 Å². The maximum atomic E-state index is 6.07. The quantitative estimate of drug-likeness (QED) is 0.123. The lowest BCUT2D eigenvalue weighted by Crippen LogP contribution is -2.33. The van der Waals surface area contributed by atoms with Crippen molar-refractivity contribution in [1.82, 2.24) is 4.90 Å². The average Bonchev–Trinajstić information content (AvgIpc) is 3.02. The van der Waals surface area contributed by atoms with Crippen molar-refractivity contribution in [2.75, 3.05) is 31.1 Å². The summed E-state index contributed by atoms with van der Waals surface area (Å²) in [6, 6.07) is 35.7. The van der Waals surface area contributed by atoms with Gasteiger partial charge in [0.15, 0.2) is 0 Å². The number of anilines is 2. The van der Waals surface area contributed by atoms with Crippen LogP contribution in [0.3, 0.4) is 0 Å². The van der Waals surface area contributed by atoms with Crippen molar-refractivity contribution in [2.45, 2.75) is 32.4 Å². The molecule has 0 radical (unpaired) electrons. The first-order valence-electron chi connectivity index (χ1n) is 14.6. The summed E-state index contributed by atoms with van der Waals surface area (Å²) >= 11 is 0. The molecular formula is C35H43N7. The van der Waals surface area contributed by atoms with Crippen LogP contribution in [0.15, 0.2) is 119 Å². The summed E-state index contributed by atoms with van der Waals surface area (Å²) in [6.45, 7) is 4.81. The van der Waals surface area contributed by atoms with E-state index in [1.807, 2.05) is 78.9 Å². The van der Waals surface area contributed by atoms with Crippen molar-refractivity contribution in [1.29, 1.82) is 0 Å². The van der Waals surface area contributed by atoms with E-state index in [4.69, 9.17) is 22.9 Å². The van der Waals surface area contributed by atoms with E-state index in [9.17, 15) is 0 Å². The maximum absolute atomic E-state index is 6.07. The first-order chi connectivity index (χ1) is 20.5. The van der Waals surface area contributed by atoms with Gasteiger partial charge < -0.3 is 22.9 Å². The van der Waals surface area contributed by atoms with Crippen LogP contribution in [0.5, 0.6) is 0 Å². The van der Waals surface area contributed by atoms with Gasteiger partial charge in [0, 0.05) is 35.6 Å². The number of piperidine rings is 1. The number of nitrogens with two attached hydrogens (primary N) is 4. The fourth-order valence-corrected chi connectivity index (χ4v) is 4.94. The molecule has 0 aliphatic carbocycles. The molecule has 0 saturated carbocycles. The zero-order valence-corrected chi connectivity index (χ0v) is 24.3. The van der Waals surface area contributed by atoms with Gasteiger partial charge in [0.05, 0.1) is 6.54 Å². The lowest BCUT2D eigenvalue weighted by atomic mass is 9.93. The van der Waals surface area contributed by atoms with Crippen molar-refractivity contribution in [3.05, 3.63) is 131 Å². The fourth-order valence-electron chi connectivity index (χ4n) is 4.94. The monoisotopic (exact) mass is 561 g/mol. The molecule has 42 heavy (non-hydrogen) atoms. The van der Waals surface area contributed by atoms with Crippen LogP contribution >= 0.6 is 0 Å². The van der Waals surface area contributed by atoms with E-state index >= 15 is 0 Å². The molecule has 1 aliphatic heterocycles. The number of likely N-dealkylation sites (tertiary alicyclic amines) is 1. The Morgan fingerprint density at radius 1 is 0.643 bits per heavy atom. The molecule has 1 fully saturated rings. The third kappa shape index (κ3) is 10.1. The third-order valence-electron chi connectivity index (χ3n) is 7.44. The van der Waals surface area contributed by atoms with Gasteiger partial charge in [0.1, 0.15) is 11.7 Å². The molecule has 0 unspecified atom stereocenters. The second-order valence-electron chi connectivity index (χ2n) is 10.7. The Hall–Kier alpha value is -4.62. The first-order valence-corrected chi connectivity index (χ1v) is 14.6. The molecule has 5 rings (SSSR count). The summed E-state index contributed by atoms with van der Waals surface area (Å²) in [5, 5.41) is 0. The summed E-state index contributed by atoms with van der Waals surface area (Å²) in [5.41, 5.74) is 29.2. The van der Waals surface area contributed by atoms with E-state index in [0.717, 1.165) is 47.8 Å². The third-order valence-corrected chi connectivity index (χ3v) is 7.44. The van der Waals surface area contributed by atoms with E-state index in [-0.39, 0.29) is 0 Å². The normalized spacial score (nSPS) is 14.7. The highest BCUT2D eigenvalue weighted by molar-refractivity contribution is 5.98. The maximum Gasteiger partial charge on any atom is 0.126 e. The van der Waals surface area contributed by atoms with Crippen molar-refractivity contribution < 1.29 is 0 Å². The minimum Gasteiger partial charge on any atom is -0.399 e. The molecule has 1 saturated heterocycles. The summed E-state index contributed by atoms with van der Waals surface area (Å²) in [6.07, 6.45) is 3.63. The highest BCUT2D eigenvalue weighted by Crippen LogP contribution is 2.22. The number of benzene rings is 4. The van der Waals surface area contributed by atoms with E-state index in [2.05, 4.69) is 45.2 Å². The lowest BCUT2D eigenvalue weighted by molar-refractivity contribution is 0.173. The number of hydrogen-bond acceptors (Lipinski definition) is 5. The molecule has 7 nitrogen and oxygen atoms in total. The van der Waals surface area contributed by atoms with Crippen LogP contribution < -0.4 is 22.9 Å². The minimum atomic E-state index is 0.515. The lowest BCUT2D eigenvalue weighted by Gasteiger charge is -2.31. The van der Waals surface area contributed by atoms with Crippen molar-refractivity contribution in [2.24, 2.45) is 27.4 Å². The molecule has 1 aliphatic rings. The van der Waals surface area contributed by atoms with Crippen LogP contribution in [0.4, 0.5) is 11.4 Å².